The lowest BCUT2D eigenvalue weighted by Crippen LogP contribution is -2.47. The van der Waals surface area contributed by atoms with E-state index in [1.807, 2.05) is 13.8 Å². The van der Waals surface area contributed by atoms with Gasteiger partial charge in [-0.1, -0.05) is 13.8 Å². The number of nitrogens with one attached hydrogen (secondary N) is 1. The molecule has 5 nitrogen and oxygen atoms in total. The molecule has 5 heteroatoms. The van der Waals surface area contributed by atoms with Gasteiger partial charge in [0.05, 0.1) is 17.6 Å². The summed E-state index contributed by atoms with van der Waals surface area (Å²) in [5, 5.41) is 11.9. The smallest absolute Gasteiger partial charge is 0.306 e. The number of carbonyl (C=O) groups excluding carboxylic acids is 1. The number of aliphatic carboxylic acids is 1. The van der Waals surface area contributed by atoms with Crippen molar-refractivity contribution in [3.8, 4) is 0 Å². The molecule has 0 bridgehead atoms. The largest absolute Gasteiger partial charge is 0.481 e. The second-order valence-electron chi connectivity index (χ2n) is 6.16. The normalized spacial score (nSPS) is 32.4. The van der Waals surface area contributed by atoms with Gasteiger partial charge >= 0.3 is 5.97 Å². The molecule has 1 unspecified atom stereocenters. The Balaban J connectivity index is 1.72. The Kier molecular flexibility index (Phi) is 4.68. The average Bonchev–Trinajstić information content (AvgIpc) is 2.80. The van der Waals surface area contributed by atoms with E-state index in [0.29, 0.717) is 19.4 Å². The van der Waals surface area contributed by atoms with Gasteiger partial charge in [-0.05, 0) is 38.5 Å². The maximum absolute atomic E-state index is 11.9. The molecule has 114 valence electrons. The molecule has 20 heavy (non-hydrogen) atoms. The number of carbonyl (C=O) groups is 2. The zero-order valence-electron chi connectivity index (χ0n) is 12.4. The van der Waals surface area contributed by atoms with Gasteiger partial charge in [-0.3, -0.25) is 9.59 Å². The van der Waals surface area contributed by atoms with Crippen molar-refractivity contribution >= 4 is 11.9 Å². The first-order valence-electron chi connectivity index (χ1n) is 7.68. The lowest BCUT2D eigenvalue weighted by molar-refractivity contribution is -0.165. The van der Waals surface area contributed by atoms with Crippen LogP contribution >= 0.6 is 0 Å². The molecular formula is C15H25NO4. The number of rotatable bonds is 6. The van der Waals surface area contributed by atoms with Crippen molar-refractivity contribution in [2.75, 3.05) is 6.54 Å². The number of hydrogen-bond donors (Lipinski definition) is 2. The highest BCUT2D eigenvalue weighted by Crippen LogP contribution is 2.49. The number of amides is 1. The maximum Gasteiger partial charge on any atom is 0.306 e. The van der Waals surface area contributed by atoms with Gasteiger partial charge < -0.3 is 15.2 Å². The summed E-state index contributed by atoms with van der Waals surface area (Å²) in [5.41, 5.74) is -0.215. The van der Waals surface area contributed by atoms with Crippen molar-refractivity contribution in [3.05, 3.63) is 0 Å². The van der Waals surface area contributed by atoms with Crippen LogP contribution in [-0.2, 0) is 14.3 Å². The van der Waals surface area contributed by atoms with Gasteiger partial charge in [0, 0.05) is 12.5 Å². The monoisotopic (exact) mass is 283 g/mol. The molecule has 2 rings (SSSR count). The number of hydrogen-bond acceptors (Lipinski definition) is 3. The molecule has 1 atom stereocenters. The molecule has 0 radical (unpaired) electrons. The number of carboxylic acid groups (broad SMARTS) is 1. The van der Waals surface area contributed by atoms with E-state index in [2.05, 4.69) is 5.32 Å². The molecule has 1 heterocycles. The fourth-order valence-electron chi connectivity index (χ4n) is 3.37. The highest BCUT2D eigenvalue weighted by atomic mass is 16.5. The van der Waals surface area contributed by atoms with Crippen molar-refractivity contribution in [3.63, 3.8) is 0 Å². The summed E-state index contributed by atoms with van der Waals surface area (Å²) in [6.45, 7) is 4.60. The van der Waals surface area contributed by atoms with E-state index in [1.54, 1.807) is 0 Å². The van der Waals surface area contributed by atoms with E-state index in [0.717, 1.165) is 25.7 Å². The Labute approximate surface area is 120 Å². The second-order valence-corrected chi connectivity index (χ2v) is 6.16. The predicted octanol–water partition coefficient (Wildman–Crippen LogP) is 1.95. The van der Waals surface area contributed by atoms with Gasteiger partial charge in [0.15, 0.2) is 0 Å². The summed E-state index contributed by atoms with van der Waals surface area (Å²) < 4.78 is 5.98. The van der Waals surface area contributed by atoms with E-state index >= 15 is 0 Å². The van der Waals surface area contributed by atoms with E-state index in [1.165, 1.54) is 0 Å². The van der Waals surface area contributed by atoms with Crippen LogP contribution in [0.5, 0.6) is 0 Å². The summed E-state index contributed by atoms with van der Waals surface area (Å²) in [4.78, 5) is 22.8. The number of ether oxygens (including phenoxy) is 1. The molecule has 1 amide bonds. The van der Waals surface area contributed by atoms with Crippen molar-refractivity contribution in [1.82, 2.24) is 5.32 Å². The van der Waals surface area contributed by atoms with Crippen LogP contribution in [0.2, 0.25) is 0 Å². The molecule has 0 aromatic rings. The quantitative estimate of drug-likeness (QED) is 0.781. The van der Waals surface area contributed by atoms with Crippen LogP contribution in [0.15, 0.2) is 0 Å². The van der Waals surface area contributed by atoms with Gasteiger partial charge in [-0.25, -0.2) is 0 Å². The minimum Gasteiger partial charge on any atom is -0.481 e. The Morgan fingerprint density at radius 1 is 1.35 bits per heavy atom. The van der Waals surface area contributed by atoms with Gasteiger partial charge in [-0.2, -0.15) is 0 Å². The van der Waals surface area contributed by atoms with Crippen molar-refractivity contribution in [2.45, 2.75) is 64.1 Å². The second kappa shape index (κ2) is 6.12. The lowest BCUT2D eigenvalue weighted by atomic mass is 9.69. The highest BCUT2D eigenvalue weighted by Gasteiger charge is 2.52. The lowest BCUT2D eigenvalue weighted by Gasteiger charge is -2.42. The Morgan fingerprint density at radius 2 is 2.00 bits per heavy atom. The third-order valence-electron chi connectivity index (χ3n) is 4.79. The zero-order valence-corrected chi connectivity index (χ0v) is 12.4. The number of carboxylic acids is 1. The van der Waals surface area contributed by atoms with Crippen LogP contribution in [-0.4, -0.2) is 35.2 Å². The van der Waals surface area contributed by atoms with Crippen molar-refractivity contribution in [1.29, 1.82) is 0 Å². The molecule has 1 aliphatic heterocycles. The van der Waals surface area contributed by atoms with Gasteiger partial charge in [0.25, 0.3) is 0 Å². The minimum absolute atomic E-state index is 0.0445. The molecule has 1 saturated heterocycles. The Bertz CT molecular complexity index is 372. The first kappa shape index (κ1) is 15.3. The molecule has 2 fully saturated rings. The molecule has 1 spiro atoms. The summed E-state index contributed by atoms with van der Waals surface area (Å²) in [7, 11) is 0. The summed E-state index contributed by atoms with van der Waals surface area (Å²) in [6, 6.07) is 0. The van der Waals surface area contributed by atoms with Crippen LogP contribution in [0.1, 0.15) is 52.4 Å². The van der Waals surface area contributed by atoms with Gasteiger partial charge in [0.2, 0.25) is 5.91 Å². The van der Waals surface area contributed by atoms with E-state index in [-0.39, 0.29) is 29.4 Å². The zero-order chi connectivity index (χ0) is 14.8. The minimum atomic E-state index is -0.718. The first-order chi connectivity index (χ1) is 9.49. The summed E-state index contributed by atoms with van der Waals surface area (Å²) in [6.07, 6.45) is 4.84. The van der Waals surface area contributed by atoms with E-state index < -0.39 is 5.97 Å². The molecule has 0 aromatic heterocycles. The standard InChI is InChI=1S/C15H25NO4/c1-3-10(4-2)13(17)16-9-12-5-6-15(20-12)7-11(8-15)14(18)19/h10-12H,3-9H2,1-2H3,(H,16,17)(H,18,19). The van der Waals surface area contributed by atoms with Gasteiger partial charge in [-0.15, -0.1) is 0 Å². The fourth-order valence-corrected chi connectivity index (χ4v) is 3.37. The average molecular weight is 283 g/mol. The van der Waals surface area contributed by atoms with Crippen LogP contribution in [0.3, 0.4) is 0 Å². The van der Waals surface area contributed by atoms with Crippen LogP contribution in [0.25, 0.3) is 0 Å². The van der Waals surface area contributed by atoms with Crippen molar-refractivity contribution in [2.24, 2.45) is 11.8 Å². The molecule has 2 N–H and O–H groups in total. The molecular weight excluding hydrogens is 258 g/mol. The first-order valence-corrected chi connectivity index (χ1v) is 7.68. The van der Waals surface area contributed by atoms with Crippen LogP contribution in [0, 0.1) is 11.8 Å². The Morgan fingerprint density at radius 3 is 2.55 bits per heavy atom. The van der Waals surface area contributed by atoms with Gasteiger partial charge in [0.1, 0.15) is 0 Å². The fraction of sp³-hybridized carbons (Fsp3) is 0.867. The third-order valence-corrected chi connectivity index (χ3v) is 4.79. The van der Waals surface area contributed by atoms with Crippen LogP contribution in [0.4, 0.5) is 0 Å². The summed E-state index contributed by atoms with van der Waals surface area (Å²) in [5.74, 6) is -0.764. The predicted molar refractivity (Wildman–Crippen MR) is 74.3 cm³/mol. The van der Waals surface area contributed by atoms with E-state index in [9.17, 15) is 9.59 Å². The highest BCUT2D eigenvalue weighted by molar-refractivity contribution is 5.78. The molecule has 1 aliphatic carbocycles. The molecule has 0 aromatic carbocycles. The maximum atomic E-state index is 11.9. The molecule has 1 saturated carbocycles. The van der Waals surface area contributed by atoms with E-state index in [4.69, 9.17) is 9.84 Å². The summed E-state index contributed by atoms with van der Waals surface area (Å²) >= 11 is 0. The SMILES string of the molecule is CCC(CC)C(=O)NCC1CCC2(CC(C(=O)O)C2)O1. The Hall–Kier alpha value is -1.10. The third kappa shape index (κ3) is 3.14. The molecule has 2 aliphatic rings. The van der Waals surface area contributed by atoms with Crippen molar-refractivity contribution < 1.29 is 19.4 Å². The van der Waals surface area contributed by atoms with Crippen LogP contribution < -0.4 is 5.32 Å². The topological polar surface area (TPSA) is 75.6 Å².